The first-order valence-corrected chi connectivity index (χ1v) is 7.21. The molecule has 0 bridgehead atoms. The van der Waals surface area contributed by atoms with Crippen molar-refractivity contribution in [2.45, 2.75) is 6.92 Å². The highest BCUT2D eigenvalue weighted by molar-refractivity contribution is 6.30. The molecule has 1 aromatic carbocycles. The van der Waals surface area contributed by atoms with Gasteiger partial charge < -0.3 is 15.2 Å². The van der Waals surface area contributed by atoms with Gasteiger partial charge in [0.1, 0.15) is 11.5 Å². The number of anilines is 3. The minimum Gasteiger partial charge on any atom is -0.360 e. The van der Waals surface area contributed by atoms with E-state index in [1.54, 1.807) is 55.6 Å². The molecule has 7 heteroatoms. The summed E-state index contributed by atoms with van der Waals surface area (Å²) in [4.78, 5) is 16.3. The molecule has 0 saturated heterocycles. The second kappa shape index (κ2) is 6.50. The van der Waals surface area contributed by atoms with Crippen LogP contribution in [0.15, 0.2) is 53.2 Å². The molecule has 2 N–H and O–H groups in total. The Kier molecular flexibility index (Phi) is 4.25. The van der Waals surface area contributed by atoms with Gasteiger partial charge >= 0.3 is 0 Å². The summed E-state index contributed by atoms with van der Waals surface area (Å²) >= 11 is 5.81. The molecule has 116 valence electrons. The number of aryl methyl sites for hydroxylation is 1. The minimum atomic E-state index is -0.295. The molecule has 0 atom stereocenters. The van der Waals surface area contributed by atoms with Gasteiger partial charge in [-0.2, -0.15) is 0 Å². The average molecular weight is 329 g/mol. The number of carbonyl (C=O) groups excluding carboxylic acids is 1. The Balaban J connectivity index is 1.66. The quantitative estimate of drug-likeness (QED) is 0.756. The van der Waals surface area contributed by atoms with E-state index in [4.69, 9.17) is 16.1 Å². The monoisotopic (exact) mass is 328 g/mol. The predicted octanol–water partition coefficient (Wildman–Crippen LogP) is 4.03. The number of carbonyl (C=O) groups is 1. The largest absolute Gasteiger partial charge is 0.360 e. The Morgan fingerprint density at radius 2 is 1.87 bits per heavy atom. The van der Waals surface area contributed by atoms with E-state index in [0.717, 1.165) is 0 Å². The van der Waals surface area contributed by atoms with Crippen LogP contribution in [0.3, 0.4) is 0 Å². The van der Waals surface area contributed by atoms with Gasteiger partial charge in [-0.1, -0.05) is 16.8 Å². The van der Waals surface area contributed by atoms with Crippen LogP contribution in [0, 0.1) is 6.92 Å². The van der Waals surface area contributed by atoms with Crippen LogP contribution in [0.4, 0.5) is 17.2 Å². The molecule has 2 heterocycles. The van der Waals surface area contributed by atoms with Crippen molar-refractivity contribution in [3.63, 3.8) is 0 Å². The maximum Gasteiger partial charge on any atom is 0.274 e. The molecule has 23 heavy (non-hydrogen) atoms. The van der Waals surface area contributed by atoms with Crippen molar-refractivity contribution in [1.29, 1.82) is 0 Å². The fourth-order valence-electron chi connectivity index (χ4n) is 1.90. The Morgan fingerprint density at radius 3 is 2.48 bits per heavy atom. The van der Waals surface area contributed by atoms with Crippen LogP contribution in [0.25, 0.3) is 0 Å². The normalized spacial score (nSPS) is 10.3. The maximum absolute atomic E-state index is 12.1. The van der Waals surface area contributed by atoms with Crippen molar-refractivity contribution in [2.75, 3.05) is 10.6 Å². The van der Waals surface area contributed by atoms with Gasteiger partial charge in [-0.05, 0) is 43.3 Å². The molecule has 1 amide bonds. The number of hydrogen-bond acceptors (Lipinski definition) is 5. The summed E-state index contributed by atoms with van der Waals surface area (Å²) in [6.07, 6.45) is 1.56. The predicted molar refractivity (Wildman–Crippen MR) is 88.2 cm³/mol. The number of rotatable bonds is 4. The summed E-state index contributed by atoms with van der Waals surface area (Å²) in [7, 11) is 0. The number of pyridine rings is 1. The van der Waals surface area contributed by atoms with Crippen LogP contribution in [0.5, 0.6) is 0 Å². The number of amides is 1. The Hall–Kier alpha value is -2.86. The molecule has 0 aliphatic rings. The Labute approximate surface area is 137 Å². The van der Waals surface area contributed by atoms with E-state index in [2.05, 4.69) is 20.8 Å². The lowest BCUT2D eigenvalue weighted by Gasteiger charge is -2.06. The summed E-state index contributed by atoms with van der Waals surface area (Å²) < 4.78 is 4.97. The summed E-state index contributed by atoms with van der Waals surface area (Å²) in [5, 5.41) is 10.2. The van der Waals surface area contributed by atoms with Gasteiger partial charge in [-0.25, -0.2) is 4.98 Å². The van der Waals surface area contributed by atoms with Crippen LogP contribution >= 0.6 is 11.6 Å². The molecule has 0 fully saturated rings. The highest BCUT2D eigenvalue weighted by Gasteiger charge is 2.08. The SMILES string of the molecule is Cc1cc(Nc2ccc(C(=O)Nc3ccc(Cl)cc3)nc2)no1. The van der Waals surface area contributed by atoms with Gasteiger partial charge in [0.2, 0.25) is 0 Å². The average Bonchev–Trinajstić information content (AvgIpc) is 2.95. The fraction of sp³-hybridized carbons (Fsp3) is 0.0625. The lowest BCUT2D eigenvalue weighted by Crippen LogP contribution is -2.13. The van der Waals surface area contributed by atoms with Crippen LogP contribution in [0.2, 0.25) is 5.02 Å². The third-order valence-electron chi connectivity index (χ3n) is 3.00. The lowest BCUT2D eigenvalue weighted by atomic mass is 10.3. The highest BCUT2D eigenvalue weighted by atomic mass is 35.5. The van der Waals surface area contributed by atoms with E-state index in [-0.39, 0.29) is 5.91 Å². The molecule has 0 aliphatic carbocycles. The Morgan fingerprint density at radius 1 is 1.13 bits per heavy atom. The zero-order valence-electron chi connectivity index (χ0n) is 12.2. The molecule has 2 aromatic heterocycles. The van der Waals surface area contributed by atoms with Gasteiger partial charge in [-0.15, -0.1) is 0 Å². The summed E-state index contributed by atoms with van der Waals surface area (Å²) in [5.41, 5.74) is 1.67. The highest BCUT2D eigenvalue weighted by Crippen LogP contribution is 2.17. The van der Waals surface area contributed by atoms with E-state index in [1.807, 2.05) is 0 Å². The van der Waals surface area contributed by atoms with Gasteiger partial charge in [0, 0.05) is 16.8 Å². The molecule has 0 saturated carbocycles. The van der Waals surface area contributed by atoms with E-state index in [1.165, 1.54) is 0 Å². The van der Waals surface area contributed by atoms with E-state index < -0.39 is 0 Å². The summed E-state index contributed by atoms with van der Waals surface area (Å²) in [5.74, 6) is 0.998. The van der Waals surface area contributed by atoms with Gasteiger partial charge in [-0.3, -0.25) is 4.79 Å². The zero-order chi connectivity index (χ0) is 16.2. The molecule has 3 aromatic rings. The first-order chi connectivity index (χ1) is 11.1. The zero-order valence-corrected chi connectivity index (χ0v) is 13.0. The molecule has 3 rings (SSSR count). The number of hydrogen-bond donors (Lipinski definition) is 2. The van der Waals surface area contributed by atoms with Gasteiger partial charge in [0.15, 0.2) is 5.82 Å². The molecule has 0 spiro atoms. The minimum absolute atomic E-state index is 0.295. The third kappa shape index (κ3) is 3.87. The molecule has 0 aliphatic heterocycles. The van der Waals surface area contributed by atoms with Crippen molar-refractivity contribution in [1.82, 2.24) is 10.1 Å². The smallest absolute Gasteiger partial charge is 0.274 e. The second-order valence-electron chi connectivity index (χ2n) is 4.84. The molecular weight excluding hydrogens is 316 g/mol. The van der Waals surface area contributed by atoms with Gasteiger partial charge in [0.25, 0.3) is 5.91 Å². The first-order valence-electron chi connectivity index (χ1n) is 6.83. The molecular formula is C16H13ClN4O2. The maximum atomic E-state index is 12.1. The van der Waals surface area contributed by atoms with E-state index >= 15 is 0 Å². The number of aromatic nitrogens is 2. The number of halogens is 1. The van der Waals surface area contributed by atoms with Crippen molar-refractivity contribution < 1.29 is 9.32 Å². The molecule has 6 nitrogen and oxygen atoms in total. The topological polar surface area (TPSA) is 80.0 Å². The fourth-order valence-corrected chi connectivity index (χ4v) is 2.03. The molecule has 0 unspecified atom stereocenters. The third-order valence-corrected chi connectivity index (χ3v) is 3.25. The van der Waals surface area contributed by atoms with Crippen molar-refractivity contribution in [3.8, 4) is 0 Å². The standard InChI is InChI=1S/C16H13ClN4O2/c1-10-8-15(21-23-10)19-13-6-7-14(18-9-13)16(22)20-12-4-2-11(17)3-5-12/h2-9H,1H3,(H,19,21)(H,20,22). The second-order valence-corrected chi connectivity index (χ2v) is 5.28. The Bertz CT molecular complexity index is 813. The number of nitrogens with zero attached hydrogens (tertiary/aromatic N) is 2. The van der Waals surface area contributed by atoms with Crippen LogP contribution < -0.4 is 10.6 Å². The number of benzene rings is 1. The van der Waals surface area contributed by atoms with Crippen LogP contribution in [-0.4, -0.2) is 16.0 Å². The molecule has 0 radical (unpaired) electrons. The lowest BCUT2D eigenvalue weighted by molar-refractivity contribution is 0.102. The van der Waals surface area contributed by atoms with Crippen LogP contribution in [0.1, 0.15) is 16.2 Å². The van der Waals surface area contributed by atoms with E-state index in [0.29, 0.717) is 33.7 Å². The van der Waals surface area contributed by atoms with Crippen molar-refractivity contribution in [2.24, 2.45) is 0 Å². The van der Waals surface area contributed by atoms with E-state index in [9.17, 15) is 4.79 Å². The van der Waals surface area contributed by atoms with Gasteiger partial charge in [0.05, 0.1) is 11.9 Å². The summed E-state index contributed by atoms with van der Waals surface area (Å²) in [6.45, 7) is 1.81. The van der Waals surface area contributed by atoms with Crippen LogP contribution in [-0.2, 0) is 0 Å². The van der Waals surface area contributed by atoms with Crippen molar-refractivity contribution >= 4 is 34.7 Å². The first kappa shape index (κ1) is 15.1. The number of nitrogens with one attached hydrogen (secondary N) is 2. The van der Waals surface area contributed by atoms with Crippen molar-refractivity contribution in [3.05, 3.63) is 65.1 Å². The summed E-state index contributed by atoms with van der Waals surface area (Å²) in [6, 6.07) is 12.0.